The molecular weight excluding hydrogens is 293 g/mol. The van der Waals surface area contributed by atoms with Crippen molar-refractivity contribution in [3.63, 3.8) is 0 Å². The monoisotopic (exact) mass is 309 g/mol. The zero-order valence-electron chi connectivity index (χ0n) is 11.7. The van der Waals surface area contributed by atoms with Crippen LogP contribution in [0.25, 0.3) is 0 Å². The van der Waals surface area contributed by atoms with E-state index in [0.29, 0.717) is 11.4 Å². The molecule has 5 nitrogen and oxygen atoms in total. The summed E-state index contributed by atoms with van der Waals surface area (Å²) in [5.74, 6) is -0.476. The fourth-order valence-electron chi connectivity index (χ4n) is 1.93. The number of aryl methyl sites for hydroxylation is 2. The summed E-state index contributed by atoms with van der Waals surface area (Å²) in [6.45, 7) is 3.20. The number of hydrogen-bond acceptors (Lipinski definition) is 4. The first-order valence-electron chi connectivity index (χ1n) is 6.28. The van der Waals surface area contributed by atoms with Crippen LogP contribution in [0.2, 0.25) is 0 Å². The number of aromatic nitrogens is 1. The molecule has 0 aliphatic heterocycles. The van der Waals surface area contributed by atoms with E-state index in [1.807, 2.05) is 0 Å². The highest BCUT2D eigenvalue weighted by Crippen LogP contribution is 2.21. The summed E-state index contributed by atoms with van der Waals surface area (Å²) < 4.78 is 40.9. The van der Waals surface area contributed by atoms with Gasteiger partial charge in [0, 0.05) is 24.0 Å². The van der Waals surface area contributed by atoms with Crippen molar-refractivity contribution in [3.8, 4) is 0 Å². The maximum Gasteiger partial charge on any atom is 0.261 e. The topological polar surface area (TPSA) is 85.1 Å². The number of nitrogens with zero attached hydrogens (tertiary/aromatic N) is 1. The number of hydrogen-bond donors (Lipinski definition) is 2. The molecule has 1 aromatic heterocycles. The van der Waals surface area contributed by atoms with E-state index >= 15 is 0 Å². The van der Waals surface area contributed by atoms with E-state index in [0.717, 1.165) is 0 Å². The summed E-state index contributed by atoms with van der Waals surface area (Å²) in [4.78, 5) is 3.98. The molecular formula is C14H16FN3O2S. The molecule has 3 N–H and O–H groups in total. The number of rotatable bonds is 4. The molecule has 2 rings (SSSR count). The van der Waals surface area contributed by atoms with Crippen LogP contribution in [-0.4, -0.2) is 13.4 Å². The minimum absolute atomic E-state index is 0.0173. The van der Waals surface area contributed by atoms with Crippen LogP contribution in [0.15, 0.2) is 35.4 Å². The molecule has 0 amide bonds. The zero-order valence-corrected chi connectivity index (χ0v) is 12.5. The van der Waals surface area contributed by atoms with Crippen LogP contribution in [0.4, 0.5) is 10.1 Å². The Kier molecular flexibility index (Phi) is 4.24. The molecule has 0 aliphatic carbocycles. The van der Waals surface area contributed by atoms with Gasteiger partial charge < -0.3 is 5.73 Å². The molecule has 112 valence electrons. The molecule has 2 aromatic rings. The van der Waals surface area contributed by atoms with Gasteiger partial charge in [0.15, 0.2) is 0 Å². The second-order valence-electron chi connectivity index (χ2n) is 4.71. The predicted octanol–water partition coefficient (Wildman–Crippen LogP) is 2.10. The van der Waals surface area contributed by atoms with E-state index in [-0.39, 0.29) is 22.6 Å². The summed E-state index contributed by atoms with van der Waals surface area (Å²) >= 11 is 0. The minimum atomic E-state index is -3.80. The Labute approximate surface area is 123 Å². The van der Waals surface area contributed by atoms with Crippen molar-refractivity contribution in [2.45, 2.75) is 25.3 Å². The van der Waals surface area contributed by atoms with E-state index < -0.39 is 15.8 Å². The van der Waals surface area contributed by atoms with Crippen molar-refractivity contribution in [3.05, 3.63) is 53.1 Å². The smallest absolute Gasteiger partial charge is 0.261 e. The van der Waals surface area contributed by atoms with Crippen LogP contribution >= 0.6 is 0 Å². The van der Waals surface area contributed by atoms with Gasteiger partial charge in [-0.3, -0.25) is 9.71 Å². The molecule has 0 saturated heterocycles. The molecule has 7 heteroatoms. The normalized spacial score (nSPS) is 11.4. The summed E-state index contributed by atoms with van der Waals surface area (Å²) in [5, 5.41) is 0. The molecule has 1 heterocycles. The Balaban J connectivity index is 2.42. The summed E-state index contributed by atoms with van der Waals surface area (Å²) in [7, 11) is -3.80. The lowest BCUT2D eigenvalue weighted by Crippen LogP contribution is -2.15. The molecule has 21 heavy (non-hydrogen) atoms. The van der Waals surface area contributed by atoms with Crippen LogP contribution in [-0.2, 0) is 16.6 Å². The average Bonchev–Trinajstić information content (AvgIpc) is 2.41. The van der Waals surface area contributed by atoms with E-state index in [4.69, 9.17) is 5.73 Å². The van der Waals surface area contributed by atoms with Crippen LogP contribution in [0.1, 0.15) is 16.8 Å². The Morgan fingerprint density at radius 3 is 2.62 bits per heavy atom. The van der Waals surface area contributed by atoms with E-state index in [1.165, 1.54) is 25.3 Å². The SMILES string of the molecule is Cc1cc(NS(=O)(=O)c2cc(C)c(F)c(CN)c2)ccn1. The van der Waals surface area contributed by atoms with Crippen LogP contribution in [0.5, 0.6) is 0 Å². The lowest BCUT2D eigenvalue weighted by atomic mass is 10.1. The highest BCUT2D eigenvalue weighted by Gasteiger charge is 2.18. The average molecular weight is 309 g/mol. The first kappa shape index (κ1) is 15.4. The third-order valence-corrected chi connectivity index (χ3v) is 4.34. The summed E-state index contributed by atoms with van der Waals surface area (Å²) in [5.41, 5.74) is 6.94. The number of benzene rings is 1. The van der Waals surface area contributed by atoms with Gasteiger partial charge >= 0.3 is 0 Å². The molecule has 0 unspecified atom stereocenters. The second kappa shape index (κ2) is 5.79. The van der Waals surface area contributed by atoms with Crippen molar-refractivity contribution >= 4 is 15.7 Å². The fraction of sp³-hybridized carbons (Fsp3) is 0.214. The maximum atomic E-state index is 13.7. The summed E-state index contributed by atoms with van der Waals surface area (Å²) in [6.07, 6.45) is 1.51. The van der Waals surface area contributed by atoms with Gasteiger partial charge in [0.2, 0.25) is 0 Å². The van der Waals surface area contributed by atoms with Crippen LogP contribution in [0, 0.1) is 19.7 Å². The van der Waals surface area contributed by atoms with Gasteiger partial charge in [-0.05, 0) is 43.7 Å². The standard InChI is InChI=1S/C14H16FN3O2S/c1-9-5-13(7-11(8-16)14(9)15)21(19,20)18-12-3-4-17-10(2)6-12/h3-7H,8,16H2,1-2H3,(H,17,18). The number of pyridine rings is 1. The van der Waals surface area contributed by atoms with Gasteiger partial charge in [0.1, 0.15) is 5.82 Å². The van der Waals surface area contributed by atoms with Gasteiger partial charge in [0.05, 0.1) is 10.6 Å². The van der Waals surface area contributed by atoms with Gasteiger partial charge in [-0.25, -0.2) is 12.8 Å². The molecule has 0 aliphatic rings. The molecule has 0 radical (unpaired) electrons. The molecule has 1 aromatic carbocycles. The number of anilines is 1. The molecule has 0 spiro atoms. The first-order chi connectivity index (χ1) is 9.83. The van der Waals surface area contributed by atoms with Crippen molar-refractivity contribution in [1.82, 2.24) is 4.98 Å². The number of nitrogens with one attached hydrogen (secondary N) is 1. The van der Waals surface area contributed by atoms with Gasteiger partial charge in [-0.2, -0.15) is 0 Å². The fourth-order valence-corrected chi connectivity index (χ4v) is 3.12. The Morgan fingerprint density at radius 2 is 2.00 bits per heavy atom. The zero-order chi connectivity index (χ0) is 15.6. The van der Waals surface area contributed by atoms with Gasteiger partial charge in [-0.15, -0.1) is 0 Å². The minimum Gasteiger partial charge on any atom is -0.326 e. The van der Waals surface area contributed by atoms with Gasteiger partial charge in [-0.1, -0.05) is 0 Å². The third kappa shape index (κ3) is 3.37. The van der Waals surface area contributed by atoms with Crippen LogP contribution < -0.4 is 10.5 Å². The van der Waals surface area contributed by atoms with Crippen molar-refractivity contribution < 1.29 is 12.8 Å². The highest BCUT2D eigenvalue weighted by atomic mass is 32.2. The number of nitrogens with two attached hydrogens (primary N) is 1. The number of sulfonamides is 1. The van der Waals surface area contributed by atoms with Crippen molar-refractivity contribution in [2.24, 2.45) is 5.73 Å². The van der Waals surface area contributed by atoms with Gasteiger partial charge in [0.25, 0.3) is 10.0 Å². The van der Waals surface area contributed by atoms with E-state index in [9.17, 15) is 12.8 Å². The van der Waals surface area contributed by atoms with E-state index in [2.05, 4.69) is 9.71 Å². The third-order valence-electron chi connectivity index (χ3n) is 2.98. The largest absolute Gasteiger partial charge is 0.326 e. The number of halogens is 1. The first-order valence-corrected chi connectivity index (χ1v) is 7.76. The Bertz CT molecular complexity index is 776. The highest BCUT2D eigenvalue weighted by molar-refractivity contribution is 7.92. The Morgan fingerprint density at radius 1 is 1.29 bits per heavy atom. The van der Waals surface area contributed by atoms with E-state index in [1.54, 1.807) is 19.1 Å². The molecule has 0 saturated carbocycles. The molecule has 0 bridgehead atoms. The maximum absolute atomic E-state index is 13.7. The molecule has 0 fully saturated rings. The predicted molar refractivity (Wildman–Crippen MR) is 78.8 cm³/mol. The van der Waals surface area contributed by atoms with Crippen molar-refractivity contribution in [2.75, 3.05) is 4.72 Å². The second-order valence-corrected chi connectivity index (χ2v) is 6.39. The lowest BCUT2D eigenvalue weighted by molar-refractivity contribution is 0.592. The lowest BCUT2D eigenvalue weighted by Gasteiger charge is -2.11. The quantitative estimate of drug-likeness (QED) is 0.905. The molecule has 0 atom stereocenters. The Hall–Kier alpha value is -1.99. The van der Waals surface area contributed by atoms with Crippen molar-refractivity contribution in [1.29, 1.82) is 0 Å². The summed E-state index contributed by atoms with van der Waals surface area (Å²) in [6, 6.07) is 5.69. The van der Waals surface area contributed by atoms with Crippen LogP contribution in [0.3, 0.4) is 0 Å².